The second-order valence-corrected chi connectivity index (χ2v) is 26.1. The van der Waals surface area contributed by atoms with Gasteiger partial charge in [-0.1, -0.05) is 282 Å². The molecule has 0 bridgehead atoms. The van der Waals surface area contributed by atoms with Gasteiger partial charge in [0.05, 0.1) is 33.8 Å². The first-order valence-corrected chi connectivity index (χ1v) is 35.9. The molecule has 0 fully saturated rings. The van der Waals surface area contributed by atoms with Gasteiger partial charge in [-0.25, -0.2) is 0 Å². The maximum atomic E-state index is 13.6. The van der Waals surface area contributed by atoms with E-state index >= 15 is 0 Å². The summed E-state index contributed by atoms with van der Waals surface area (Å²) < 4.78 is 30.4. The first kappa shape index (κ1) is 78.0. The van der Waals surface area contributed by atoms with Gasteiger partial charge in [-0.2, -0.15) is 0 Å². The number of likely N-dealkylation sites (N-methyl/N-ethyl adjacent to an activating group) is 1. The Morgan fingerprint density at radius 2 is 0.762 bits per heavy atom. The highest BCUT2D eigenvalue weighted by atomic mass is 31.2. The van der Waals surface area contributed by atoms with Crippen molar-refractivity contribution >= 4 is 19.7 Å². The first-order chi connectivity index (χ1) is 38.9. The Kier molecular flexibility index (Phi) is 58.6. The van der Waals surface area contributed by atoms with Crippen LogP contribution in [0, 0.1) is 0 Å². The summed E-state index contributed by atoms with van der Waals surface area (Å²) in [6.07, 6.45) is 75.1. The summed E-state index contributed by atoms with van der Waals surface area (Å²) in [5.74, 6) is -0.531. The van der Waals surface area contributed by atoms with Gasteiger partial charge in [0.15, 0.2) is 0 Å². The number of amides is 1. The van der Waals surface area contributed by atoms with Crippen LogP contribution in [0.5, 0.6) is 0 Å². The predicted molar refractivity (Wildman–Crippen MR) is 344 cm³/mol. The molecule has 0 radical (unpaired) electrons. The number of quaternary nitrogens is 1. The second-order valence-electron chi connectivity index (χ2n) is 24.7. The minimum atomic E-state index is -4.70. The number of phosphoric ester groups is 1. The van der Waals surface area contributed by atoms with Gasteiger partial charge in [-0.15, -0.1) is 0 Å². The highest BCUT2D eigenvalue weighted by Crippen LogP contribution is 2.38. The number of allylic oxidation sites excluding steroid dienone is 7. The number of hydrogen-bond acceptors (Lipinski definition) is 7. The van der Waals surface area contributed by atoms with Crippen molar-refractivity contribution in [3.05, 3.63) is 48.6 Å². The zero-order chi connectivity index (χ0) is 58.6. The van der Waals surface area contributed by atoms with E-state index in [0.717, 1.165) is 64.2 Å². The Labute approximate surface area is 497 Å². The van der Waals surface area contributed by atoms with Crippen molar-refractivity contribution in [2.75, 3.05) is 40.9 Å². The highest BCUT2D eigenvalue weighted by molar-refractivity contribution is 7.45. The molecule has 0 heterocycles. The quantitative estimate of drug-likeness (QED) is 0.0212. The molecule has 470 valence electrons. The number of carbonyl (C=O) groups excluding carboxylic acids is 2. The fourth-order valence-electron chi connectivity index (χ4n) is 10.1. The smallest absolute Gasteiger partial charge is 0.306 e. The molecule has 0 spiro atoms. The van der Waals surface area contributed by atoms with E-state index in [2.05, 4.69) is 62.5 Å². The van der Waals surface area contributed by atoms with Crippen LogP contribution in [-0.4, -0.2) is 69.4 Å². The van der Waals surface area contributed by atoms with Gasteiger partial charge in [0, 0.05) is 12.8 Å². The van der Waals surface area contributed by atoms with Gasteiger partial charge in [0.1, 0.15) is 19.3 Å². The van der Waals surface area contributed by atoms with Gasteiger partial charge in [-0.3, -0.25) is 14.2 Å². The van der Waals surface area contributed by atoms with E-state index in [1.165, 1.54) is 238 Å². The largest absolute Gasteiger partial charge is 0.756 e. The molecule has 0 aliphatic rings. The lowest BCUT2D eigenvalue weighted by Crippen LogP contribution is -2.47. The zero-order valence-corrected chi connectivity index (χ0v) is 54.7. The molecule has 9 nitrogen and oxygen atoms in total. The lowest BCUT2D eigenvalue weighted by Gasteiger charge is -2.30. The maximum absolute atomic E-state index is 13.6. The summed E-state index contributed by atoms with van der Waals surface area (Å²) in [6, 6.07) is -0.889. The van der Waals surface area contributed by atoms with Crippen molar-refractivity contribution in [2.45, 2.75) is 348 Å². The molecule has 0 aromatic carbocycles. The lowest BCUT2D eigenvalue weighted by molar-refractivity contribution is -0.870. The van der Waals surface area contributed by atoms with E-state index < -0.39 is 20.0 Å². The Morgan fingerprint density at radius 3 is 1.16 bits per heavy atom. The first-order valence-electron chi connectivity index (χ1n) is 34.4. The number of esters is 1. The summed E-state index contributed by atoms with van der Waals surface area (Å²) in [5.41, 5.74) is 0. The highest BCUT2D eigenvalue weighted by Gasteiger charge is 2.27. The lowest BCUT2D eigenvalue weighted by atomic mass is 10.0. The third-order valence-corrected chi connectivity index (χ3v) is 16.4. The number of rotatable bonds is 63. The van der Waals surface area contributed by atoms with E-state index in [1.807, 2.05) is 33.3 Å². The monoisotopic (exact) mass is 1140 g/mol. The van der Waals surface area contributed by atoms with Crippen molar-refractivity contribution < 1.29 is 37.3 Å². The molecular formula is C70H133N2O7P. The Balaban J connectivity index is 5.11. The summed E-state index contributed by atoms with van der Waals surface area (Å²) in [4.78, 5) is 40.1. The zero-order valence-electron chi connectivity index (χ0n) is 53.8. The van der Waals surface area contributed by atoms with Crippen molar-refractivity contribution in [1.82, 2.24) is 5.32 Å². The molecule has 10 heteroatoms. The van der Waals surface area contributed by atoms with E-state index in [4.69, 9.17) is 13.8 Å². The molecule has 1 N–H and O–H groups in total. The van der Waals surface area contributed by atoms with Gasteiger partial charge in [0.2, 0.25) is 5.91 Å². The van der Waals surface area contributed by atoms with E-state index in [0.29, 0.717) is 17.4 Å². The number of nitrogens with zero attached hydrogens (tertiary/aromatic N) is 1. The summed E-state index contributed by atoms with van der Waals surface area (Å²) >= 11 is 0. The molecule has 0 saturated carbocycles. The van der Waals surface area contributed by atoms with Crippen LogP contribution in [0.3, 0.4) is 0 Å². The van der Waals surface area contributed by atoms with Crippen LogP contribution in [0.15, 0.2) is 48.6 Å². The minimum absolute atomic E-state index is 0.0217. The molecule has 0 aliphatic carbocycles. The number of carbonyl (C=O) groups is 2. The average Bonchev–Trinajstić information content (AvgIpc) is 3.42. The predicted octanol–water partition coefficient (Wildman–Crippen LogP) is 21.0. The fraction of sp³-hybridized carbons (Fsp3) is 0.857. The topological polar surface area (TPSA) is 114 Å². The molecular weight excluding hydrogens is 1010 g/mol. The maximum Gasteiger partial charge on any atom is 0.306 e. The van der Waals surface area contributed by atoms with E-state index in [-0.39, 0.29) is 31.5 Å². The van der Waals surface area contributed by atoms with Gasteiger partial charge < -0.3 is 28.5 Å². The van der Waals surface area contributed by atoms with Crippen LogP contribution >= 0.6 is 7.82 Å². The van der Waals surface area contributed by atoms with Crippen molar-refractivity contribution in [2.24, 2.45) is 0 Å². The third kappa shape index (κ3) is 60.6. The SMILES string of the molecule is CCCCC/C=C\C/C=C\CCCCCCCCCCCCCC(=O)NC(COP(=O)([O-])OCC[N+](C)(C)C)C(/C=C/CCCCCCCCCCCC)OC(=O)CCCCCCCCCCCCC/C=C/CCCCCCCC. The van der Waals surface area contributed by atoms with Crippen molar-refractivity contribution in [3.8, 4) is 0 Å². The summed E-state index contributed by atoms with van der Waals surface area (Å²) in [6.45, 7) is 6.86. The molecule has 1 amide bonds. The number of nitrogens with one attached hydrogen (secondary N) is 1. The summed E-state index contributed by atoms with van der Waals surface area (Å²) in [7, 11) is 1.19. The molecule has 0 aromatic heterocycles. The Morgan fingerprint density at radius 1 is 0.438 bits per heavy atom. The van der Waals surface area contributed by atoms with Crippen LogP contribution in [-0.2, 0) is 27.9 Å². The number of phosphoric acid groups is 1. The average molecular weight is 1150 g/mol. The molecule has 3 atom stereocenters. The van der Waals surface area contributed by atoms with Crippen LogP contribution in [0.4, 0.5) is 0 Å². The normalized spacial score (nSPS) is 13.8. The molecule has 80 heavy (non-hydrogen) atoms. The third-order valence-electron chi connectivity index (χ3n) is 15.5. The van der Waals surface area contributed by atoms with Gasteiger partial charge in [0.25, 0.3) is 7.82 Å². The number of ether oxygens (including phenoxy) is 1. The molecule has 0 aliphatic heterocycles. The minimum Gasteiger partial charge on any atom is -0.756 e. The van der Waals surface area contributed by atoms with Gasteiger partial charge in [-0.05, 0) is 89.5 Å². The molecule has 3 unspecified atom stereocenters. The second kappa shape index (κ2) is 60.1. The van der Waals surface area contributed by atoms with Crippen LogP contribution in [0.25, 0.3) is 0 Å². The van der Waals surface area contributed by atoms with E-state index in [1.54, 1.807) is 0 Å². The Bertz CT molecular complexity index is 1510. The molecule has 0 saturated heterocycles. The van der Waals surface area contributed by atoms with Crippen molar-refractivity contribution in [3.63, 3.8) is 0 Å². The summed E-state index contributed by atoms with van der Waals surface area (Å²) in [5, 5.41) is 3.04. The fourth-order valence-corrected chi connectivity index (χ4v) is 10.9. The number of unbranched alkanes of at least 4 members (excludes halogenated alkanes) is 41. The standard InChI is InChI=1S/C70H133N2O7P/c1-7-10-13-16-19-22-25-28-30-32-34-36-38-40-42-44-47-50-53-56-59-62-69(73)71-67(66-78-80(75,76)77-65-64-72(4,5)6)68(61-58-55-52-49-46-27-24-21-18-15-12-9-3)79-70(74)63-60-57-54-51-48-45-43-41-39-37-35-33-31-29-26-23-20-17-14-11-8-2/h19,22,28-31,58,61,67-68H,7-18,20-21,23-27,32-57,59-60,62-66H2,1-6H3,(H-,71,73,75,76)/b22-19-,30-28-,31-29+,61-58+. The molecule has 0 rings (SSSR count). The van der Waals surface area contributed by atoms with Crippen molar-refractivity contribution in [1.29, 1.82) is 0 Å². The van der Waals surface area contributed by atoms with Crippen LogP contribution < -0.4 is 10.2 Å². The van der Waals surface area contributed by atoms with Crippen LogP contribution in [0.1, 0.15) is 335 Å². The van der Waals surface area contributed by atoms with Gasteiger partial charge >= 0.3 is 5.97 Å². The molecule has 0 aromatic rings. The Hall–Kier alpha value is -2.03. The van der Waals surface area contributed by atoms with Crippen LogP contribution in [0.2, 0.25) is 0 Å². The number of hydrogen-bond donors (Lipinski definition) is 1. The van der Waals surface area contributed by atoms with E-state index in [9.17, 15) is 19.0 Å².